The van der Waals surface area contributed by atoms with E-state index >= 15 is 0 Å². The van der Waals surface area contributed by atoms with Crippen LogP contribution >= 0.6 is 0 Å². The summed E-state index contributed by atoms with van der Waals surface area (Å²) >= 11 is 0. The fourth-order valence-corrected chi connectivity index (χ4v) is 5.81. The Kier molecular flexibility index (Phi) is 8.39. The van der Waals surface area contributed by atoms with Gasteiger partial charge in [-0.05, 0) is 43.2 Å². The lowest BCUT2D eigenvalue weighted by Crippen LogP contribution is -2.73. The molecule has 3 heterocycles. The molecular weight excluding hydrogens is 482 g/mol. The molecule has 2 aromatic rings. The second-order valence-electron chi connectivity index (χ2n) is 10.6. The zero-order valence-corrected chi connectivity index (χ0v) is 21.8. The third kappa shape index (κ3) is 6.08. The van der Waals surface area contributed by atoms with Crippen molar-refractivity contribution in [2.24, 2.45) is 0 Å². The van der Waals surface area contributed by atoms with Crippen LogP contribution in [0, 0.1) is 0 Å². The molecule has 0 bridgehead atoms. The molecule has 0 saturated carbocycles. The Hall–Kier alpha value is -3.23. The van der Waals surface area contributed by atoms with Crippen LogP contribution in [0.1, 0.15) is 43.2 Å². The smallest absolute Gasteiger partial charge is 0.308 e. The summed E-state index contributed by atoms with van der Waals surface area (Å²) in [6.07, 6.45) is 3.64. The first kappa shape index (κ1) is 26.4. The summed E-state index contributed by atoms with van der Waals surface area (Å²) in [5, 5.41) is 2.89. The Bertz CT molecular complexity index is 1100. The topological polar surface area (TPSA) is 88.2 Å². The van der Waals surface area contributed by atoms with Gasteiger partial charge < -0.3 is 24.6 Å². The zero-order chi connectivity index (χ0) is 26.4. The minimum Gasteiger partial charge on any atom is -0.461 e. The summed E-state index contributed by atoms with van der Waals surface area (Å²) in [6.45, 7) is 3.58. The lowest BCUT2D eigenvalue weighted by atomic mass is 9.81. The van der Waals surface area contributed by atoms with Gasteiger partial charge in [-0.3, -0.25) is 14.4 Å². The third-order valence-corrected chi connectivity index (χ3v) is 8.08. The lowest BCUT2D eigenvalue weighted by molar-refractivity contribution is -0.165. The van der Waals surface area contributed by atoms with Crippen LogP contribution in [0.25, 0.3) is 0 Å². The number of likely N-dealkylation sites (tertiary alicyclic amines) is 1. The van der Waals surface area contributed by atoms with Crippen LogP contribution in [0.3, 0.4) is 0 Å². The molecule has 8 nitrogen and oxygen atoms in total. The minimum atomic E-state index is -0.922. The largest absolute Gasteiger partial charge is 0.461 e. The van der Waals surface area contributed by atoms with Crippen LogP contribution in [0.4, 0.5) is 0 Å². The van der Waals surface area contributed by atoms with E-state index in [9.17, 15) is 14.4 Å². The molecule has 3 fully saturated rings. The van der Waals surface area contributed by atoms with Crippen LogP contribution < -0.4 is 5.32 Å². The molecule has 2 atom stereocenters. The highest BCUT2D eigenvalue weighted by atomic mass is 16.5. The number of piperidine rings is 1. The summed E-state index contributed by atoms with van der Waals surface area (Å²) in [6, 6.07) is 18.9. The van der Waals surface area contributed by atoms with E-state index in [4.69, 9.17) is 9.47 Å². The van der Waals surface area contributed by atoms with Gasteiger partial charge in [-0.15, -0.1) is 0 Å². The highest BCUT2D eigenvalue weighted by Crippen LogP contribution is 2.35. The molecule has 2 amide bonds. The first-order valence-corrected chi connectivity index (χ1v) is 13.7. The van der Waals surface area contributed by atoms with Gasteiger partial charge in [0.1, 0.15) is 18.2 Å². The summed E-state index contributed by atoms with van der Waals surface area (Å²) in [7, 11) is 0. The molecule has 0 radical (unpaired) electrons. The molecule has 38 heavy (non-hydrogen) atoms. The Balaban J connectivity index is 1.23. The van der Waals surface area contributed by atoms with E-state index in [-0.39, 0.29) is 30.9 Å². The Labute approximate surface area is 224 Å². The predicted molar refractivity (Wildman–Crippen MR) is 142 cm³/mol. The maximum atomic E-state index is 13.8. The van der Waals surface area contributed by atoms with Crippen molar-refractivity contribution in [1.29, 1.82) is 0 Å². The number of amides is 2. The monoisotopic (exact) mass is 519 g/mol. The number of nitrogens with zero attached hydrogens (tertiary/aromatic N) is 2. The van der Waals surface area contributed by atoms with E-state index in [1.54, 1.807) is 4.90 Å². The fraction of sp³-hybridized carbons (Fsp3) is 0.500. The van der Waals surface area contributed by atoms with Crippen molar-refractivity contribution in [3.8, 4) is 0 Å². The molecule has 2 unspecified atom stereocenters. The van der Waals surface area contributed by atoms with Crippen molar-refractivity contribution >= 4 is 17.8 Å². The van der Waals surface area contributed by atoms with Gasteiger partial charge in [0.2, 0.25) is 11.8 Å². The van der Waals surface area contributed by atoms with E-state index in [0.29, 0.717) is 26.0 Å². The van der Waals surface area contributed by atoms with Crippen molar-refractivity contribution in [3.63, 3.8) is 0 Å². The molecule has 0 aromatic heterocycles. The molecule has 3 aliphatic heterocycles. The predicted octanol–water partition coefficient (Wildman–Crippen LogP) is 2.70. The van der Waals surface area contributed by atoms with Crippen molar-refractivity contribution in [2.75, 3.05) is 32.8 Å². The van der Waals surface area contributed by atoms with Gasteiger partial charge in [-0.2, -0.15) is 0 Å². The molecule has 8 heteroatoms. The van der Waals surface area contributed by atoms with Gasteiger partial charge in [0, 0.05) is 32.8 Å². The maximum absolute atomic E-state index is 13.8. The van der Waals surface area contributed by atoms with E-state index in [1.807, 2.05) is 36.4 Å². The number of hydrogen-bond donors (Lipinski definition) is 1. The second kappa shape index (κ2) is 12.1. The van der Waals surface area contributed by atoms with Gasteiger partial charge in [-0.1, -0.05) is 60.7 Å². The number of ether oxygens (including phenoxy) is 2. The lowest BCUT2D eigenvalue weighted by Gasteiger charge is -2.52. The fourth-order valence-electron chi connectivity index (χ4n) is 5.81. The number of rotatable bonds is 9. The zero-order valence-electron chi connectivity index (χ0n) is 21.8. The van der Waals surface area contributed by atoms with Crippen molar-refractivity contribution in [3.05, 3.63) is 71.8 Å². The Morgan fingerprint density at radius 3 is 2.34 bits per heavy atom. The maximum Gasteiger partial charge on any atom is 0.308 e. The number of piperazine rings is 1. The van der Waals surface area contributed by atoms with Gasteiger partial charge in [0.25, 0.3) is 0 Å². The number of hydrogen-bond acceptors (Lipinski definition) is 6. The normalized spacial score (nSPS) is 23.4. The van der Waals surface area contributed by atoms with Crippen LogP contribution in [0.2, 0.25) is 0 Å². The summed E-state index contributed by atoms with van der Waals surface area (Å²) < 4.78 is 11.3. The van der Waals surface area contributed by atoms with Gasteiger partial charge >= 0.3 is 5.97 Å². The average Bonchev–Trinajstić information content (AvgIpc) is 3.47. The highest BCUT2D eigenvalue weighted by Gasteiger charge is 2.54. The number of carbonyl (C=O) groups is 3. The van der Waals surface area contributed by atoms with Crippen LogP contribution in [0.5, 0.6) is 0 Å². The molecule has 0 aliphatic carbocycles. The molecule has 5 rings (SSSR count). The van der Waals surface area contributed by atoms with E-state index in [1.165, 1.54) is 5.56 Å². The first-order valence-electron chi connectivity index (χ1n) is 13.7. The number of benzene rings is 2. The minimum absolute atomic E-state index is 0.0801. The molecule has 3 aliphatic rings. The van der Waals surface area contributed by atoms with Crippen molar-refractivity contribution < 1.29 is 23.9 Å². The summed E-state index contributed by atoms with van der Waals surface area (Å²) in [5.41, 5.74) is 1.26. The van der Waals surface area contributed by atoms with Gasteiger partial charge in [-0.25, -0.2) is 0 Å². The molecule has 1 N–H and O–H groups in total. The first-order chi connectivity index (χ1) is 18.5. The number of nitrogens with one attached hydrogen (secondary N) is 1. The standard InChI is InChI=1S/C30H37N3O5/c34-27(38-22-24-10-5-2-6-11-24)20-26-28(35)33(21-25-12-7-19-37-25)30(29(36)31-26)14-17-32(18-15-30)16-13-23-8-3-1-4-9-23/h1-6,8-11,25-26H,7,12-22H2,(H,31,36). The number of esters is 1. The van der Waals surface area contributed by atoms with Crippen LogP contribution in [0.15, 0.2) is 60.7 Å². The van der Waals surface area contributed by atoms with E-state index < -0.39 is 17.6 Å². The molecule has 2 aromatic carbocycles. The summed E-state index contributed by atoms with van der Waals surface area (Å²) in [5.74, 6) is -0.885. The van der Waals surface area contributed by atoms with Crippen LogP contribution in [-0.2, 0) is 36.9 Å². The quantitative estimate of drug-likeness (QED) is 0.513. The average molecular weight is 520 g/mol. The number of carbonyl (C=O) groups excluding carboxylic acids is 3. The van der Waals surface area contributed by atoms with Gasteiger partial charge in [0.15, 0.2) is 0 Å². The SMILES string of the molecule is O=C(CC1NC(=O)C2(CCN(CCc3ccccc3)CC2)N(CC2CCCO2)C1=O)OCc1ccccc1. The molecule has 1 spiro atoms. The van der Waals surface area contributed by atoms with Crippen molar-refractivity contribution in [2.45, 2.75) is 62.8 Å². The second-order valence-corrected chi connectivity index (χ2v) is 10.6. The van der Waals surface area contributed by atoms with Crippen LogP contribution in [-0.4, -0.2) is 78.1 Å². The molecule has 3 saturated heterocycles. The van der Waals surface area contributed by atoms with Gasteiger partial charge in [0.05, 0.1) is 12.5 Å². The molecular formula is C30H37N3O5. The Morgan fingerprint density at radius 2 is 1.68 bits per heavy atom. The van der Waals surface area contributed by atoms with E-state index in [2.05, 4.69) is 34.5 Å². The summed E-state index contributed by atoms with van der Waals surface area (Å²) in [4.78, 5) is 44.1. The molecule has 202 valence electrons. The highest BCUT2D eigenvalue weighted by molar-refractivity contribution is 6.01. The van der Waals surface area contributed by atoms with E-state index in [0.717, 1.165) is 44.5 Å². The Morgan fingerprint density at radius 1 is 1.00 bits per heavy atom. The van der Waals surface area contributed by atoms with Crippen molar-refractivity contribution in [1.82, 2.24) is 15.1 Å². The third-order valence-electron chi connectivity index (χ3n) is 8.08.